The fourth-order valence-corrected chi connectivity index (χ4v) is 3.98. The van der Waals surface area contributed by atoms with Crippen LogP contribution in [-0.2, 0) is 19.6 Å². The molecule has 2 aromatic rings. The summed E-state index contributed by atoms with van der Waals surface area (Å²) in [5.74, 6) is 2.28. The van der Waals surface area contributed by atoms with Crippen LogP contribution in [0.3, 0.4) is 0 Å². The minimum Gasteiger partial charge on any atom is -0.444 e. The minimum absolute atomic E-state index is 0. The third-order valence-electron chi connectivity index (χ3n) is 5.89. The Kier molecular flexibility index (Phi) is 10.1. The highest BCUT2D eigenvalue weighted by Crippen LogP contribution is 2.23. The number of hydrogen-bond donors (Lipinski definition) is 2. The normalized spacial score (nSPS) is 15.2. The fraction of sp³-hybridized carbons (Fsp3) is 0.565. The largest absolute Gasteiger partial charge is 0.444 e. The molecule has 166 valence electrons. The first kappa shape index (κ1) is 24.7. The van der Waals surface area contributed by atoms with E-state index >= 15 is 0 Å². The minimum atomic E-state index is 0. The second-order valence-corrected chi connectivity index (χ2v) is 8.00. The number of nitrogens with zero attached hydrogens (tertiary/aromatic N) is 3. The Labute approximate surface area is 198 Å². The maximum Gasteiger partial charge on any atom is 0.214 e. The smallest absolute Gasteiger partial charge is 0.214 e. The summed E-state index contributed by atoms with van der Waals surface area (Å²) >= 11 is 0. The van der Waals surface area contributed by atoms with Crippen LogP contribution >= 0.6 is 24.0 Å². The molecule has 7 heteroatoms. The van der Waals surface area contributed by atoms with Gasteiger partial charge < -0.3 is 15.1 Å². The number of aryl methyl sites for hydroxylation is 2. The Morgan fingerprint density at radius 1 is 1.10 bits per heavy atom. The number of rotatable bonds is 7. The molecule has 0 spiro atoms. The molecule has 30 heavy (non-hydrogen) atoms. The maximum absolute atomic E-state index is 5.63. The lowest BCUT2D eigenvalue weighted by atomic mass is 9.94. The molecule has 1 aliphatic carbocycles. The zero-order valence-electron chi connectivity index (χ0n) is 18.7. The summed E-state index contributed by atoms with van der Waals surface area (Å²) < 4.78 is 5.63. The lowest BCUT2D eigenvalue weighted by Gasteiger charge is -2.31. The first-order chi connectivity index (χ1) is 14.1. The van der Waals surface area contributed by atoms with Crippen LogP contribution in [0.25, 0.3) is 0 Å². The molecule has 1 aromatic carbocycles. The van der Waals surface area contributed by atoms with Crippen molar-refractivity contribution in [2.75, 3.05) is 14.1 Å². The standard InChI is InChI=1S/C23H35N5O.HI/c1-17-18(2)29-22(27-17)15-26-23(24-3)25-14-19-10-8-9-11-20(19)16-28(4)21-12-6-5-7-13-21;/h8-11,21H,5-7,12-16H2,1-4H3,(H2,24,25,26);1H. The number of aliphatic imine (C=N–C) groups is 1. The van der Waals surface area contributed by atoms with Gasteiger partial charge >= 0.3 is 0 Å². The van der Waals surface area contributed by atoms with Crippen LogP contribution in [0, 0.1) is 13.8 Å². The SMILES string of the molecule is CN=C(NCc1nc(C)c(C)o1)NCc1ccccc1CN(C)C1CCCCC1.I. The second-order valence-electron chi connectivity index (χ2n) is 8.00. The molecule has 1 fully saturated rings. The number of hydrogen-bond acceptors (Lipinski definition) is 4. The Bertz CT molecular complexity index is 794. The monoisotopic (exact) mass is 525 g/mol. The second kappa shape index (κ2) is 12.3. The molecule has 0 atom stereocenters. The summed E-state index contributed by atoms with van der Waals surface area (Å²) in [5.41, 5.74) is 3.61. The summed E-state index contributed by atoms with van der Waals surface area (Å²) in [6, 6.07) is 9.39. The Morgan fingerprint density at radius 2 is 1.77 bits per heavy atom. The Balaban J connectivity index is 0.00000320. The van der Waals surface area contributed by atoms with Crippen molar-refractivity contribution in [2.45, 2.75) is 71.6 Å². The van der Waals surface area contributed by atoms with Crippen LogP contribution in [0.4, 0.5) is 0 Å². The summed E-state index contributed by atoms with van der Waals surface area (Å²) in [6.45, 7) is 6.12. The van der Waals surface area contributed by atoms with E-state index in [0.29, 0.717) is 18.5 Å². The average molecular weight is 525 g/mol. The van der Waals surface area contributed by atoms with Crippen molar-refractivity contribution in [1.29, 1.82) is 0 Å². The molecule has 1 aliphatic rings. The van der Waals surface area contributed by atoms with Gasteiger partial charge in [0.1, 0.15) is 5.76 Å². The predicted octanol–water partition coefficient (Wildman–Crippen LogP) is 4.54. The first-order valence-electron chi connectivity index (χ1n) is 10.7. The average Bonchev–Trinajstić information content (AvgIpc) is 3.07. The van der Waals surface area contributed by atoms with E-state index in [9.17, 15) is 0 Å². The highest BCUT2D eigenvalue weighted by molar-refractivity contribution is 14.0. The van der Waals surface area contributed by atoms with Crippen LogP contribution in [0.5, 0.6) is 0 Å². The van der Waals surface area contributed by atoms with Gasteiger partial charge in [0.15, 0.2) is 5.96 Å². The molecule has 2 N–H and O–H groups in total. The van der Waals surface area contributed by atoms with E-state index in [4.69, 9.17) is 4.42 Å². The maximum atomic E-state index is 5.63. The molecule has 0 aliphatic heterocycles. The molecule has 1 heterocycles. The highest BCUT2D eigenvalue weighted by atomic mass is 127. The van der Waals surface area contributed by atoms with Crippen molar-refractivity contribution >= 4 is 29.9 Å². The number of halogens is 1. The molecular weight excluding hydrogens is 489 g/mol. The number of aromatic nitrogens is 1. The summed E-state index contributed by atoms with van der Waals surface area (Å²) in [4.78, 5) is 11.3. The number of oxazole rings is 1. The fourth-order valence-electron chi connectivity index (χ4n) is 3.98. The van der Waals surface area contributed by atoms with E-state index in [1.807, 2.05) is 13.8 Å². The van der Waals surface area contributed by atoms with Crippen molar-refractivity contribution in [3.05, 3.63) is 52.7 Å². The first-order valence-corrected chi connectivity index (χ1v) is 10.7. The van der Waals surface area contributed by atoms with E-state index in [1.165, 1.54) is 43.2 Å². The van der Waals surface area contributed by atoms with Gasteiger partial charge in [-0.15, -0.1) is 24.0 Å². The quantitative estimate of drug-likeness (QED) is 0.316. The molecule has 0 radical (unpaired) electrons. The van der Waals surface area contributed by atoms with Gasteiger partial charge in [0.05, 0.1) is 12.2 Å². The predicted molar refractivity (Wildman–Crippen MR) is 133 cm³/mol. The van der Waals surface area contributed by atoms with Crippen LogP contribution in [0.2, 0.25) is 0 Å². The van der Waals surface area contributed by atoms with Gasteiger partial charge in [0.25, 0.3) is 0 Å². The molecular formula is C23H36IN5O. The molecule has 3 rings (SSSR count). The topological polar surface area (TPSA) is 65.7 Å². The molecule has 1 saturated carbocycles. The number of benzene rings is 1. The van der Waals surface area contributed by atoms with Gasteiger partial charge in [-0.25, -0.2) is 4.98 Å². The lowest BCUT2D eigenvalue weighted by Crippen LogP contribution is -2.37. The van der Waals surface area contributed by atoms with Crippen LogP contribution in [-0.4, -0.2) is 36.0 Å². The van der Waals surface area contributed by atoms with Crippen molar-refractivity contribution in [1.82, 2.24) is 20.5 Å². The Morgan fingerprint density at radius 3 is 2.40 bits per heavy atom. The zero-order valence-corrected chi connectivity index (χ0v) is 21.0. The van der Waals surface area contributed by atoms with Crippen molar-refractivity contribution in [3.8, 4) is 0 Å². The van der Waals surface area contributed by atoms with E-state index in [1.54, 1.807) is 7.05 Å². The van der Waals surface area contributed by atoms with E-state index in [-0.39, 0.29) is 24.0 Å². The summed E-state index contributed by atoms with van der Waals surface area (Å²) in [7, 11) is 4.05. The number of guanidine groups is 1. The van der Waals surface area contributed by atoms with Crippen molar-refractivity contribution in [2.24, 2.45) is 4.99 Å². The van der Waals surface area contributed by atoms with Crippen molar-refractivity contribution in [3.63, 3.8) is 0 Å². The van der Waals surface area contributed by atoms with E-state index in [0.717, 1.165) is 30.5 Å². The lowest BCUT2D eigenvalue weighted by molar-refractivity contribution is 0.184. The van der Waals surface area contributed by atoms with Crippen LogP contribution in [0.1, 0.15) is 60.6 Å². The highest BCUT2D eigenvalue weighted by Gasteiger charge is 2.18. The zero-order chi connectivity index (χ0) is 20.6. The molecule has 1 aromatic heterocycles. The van der Waals surface area contributed by atoms with Gasteiger partial charge in [-0.05, 0) is 44.9 Å². The number of nitrogens with one attached hydrogen (secondary N) is 2. The van der Waals surface area contributed by atoms with Gasteiger partial charge in [0.2, 0.25) is 5.89 Å². The van der Waals surface area contributed by atoms with E-state index < -0.39 is 0 Å². The molecule has 6 nitrogen and oxygen atoms in total. The molecule has 0 saturated heterocycles. The third kappa shape index (κ3) is 6.97. The molecule has 0 amide bonds. The Hall–Kier alpha value is -1.61. The van der Waals surface area contributed by atoms with E-state index in [2.05, 4.69) is 56.8 Å². The molecule has 0 unspecified atom stereocenters. The van der Waals surface area contributed by atoms with Gasteiger partial charge in [0, 0.05) is 26.2 Å². The summed E-state index contributed by atoms with van der Waals surface area (Å²) in [6.07, 6.45) is 6.78. The third-order valence-corrected chi connectivity index (χ3v) is 5.89. The van der Waals surface area contributed by atoms with Gasteiger partial charge in [-0.3, -0.25) is 9.89 Å². The van der Waals surface area contributed by atoms with Crippen LogP contribution in [0.15, 0.2) is 33.7 Å². The van der Waals surface area contributed by atoms with Crippen LogP contribution < -0.4 is 10.6 Å². The van der Waals surface area contributed by atoms with Gasteiger partial charge in [-0.2, -0.15) is 0 Å². The molecule has 0 bridgehead atoms. The summed E-state index contributed by atoms with van der Waals surface area (Å²) in [5, 5.41) is 6.70. The van der Waals surface area contributed by atoms with Gasteiger partial charge in [-0.1, -0.05) is 43.5 Å². The van der Waals surface area contributed by atoms with Crippen molar-refractivity contribution < 1.29 is 4.42 Å².